The van der Waals surface area contributed by atoms with Crippen molar-refractivity contribution in [1.29, 1.82) is 0 Å². The van der Waals surface area contributed by atoms with Crippen molar-refractivity contribution in [3.05, 3.63) is 59.4 Å². The molecule has 1 N–H and O–H groups in total. The van der Waals surface area contributed by atoms with Gasteiger partial charge in [0.25, 0.3) is 0 Å². The van der Waals surface area contributed by atoms with Crippen LogP contribution in [0.3, 0.4) is 0 Å². The number of pyridine rings is 1. The Kier molecular flexibility index (Phi) is 3.85. The van der Waals surface area contributed by atoms with Crippen LogP contribution in [0.5, 0.6) is 0 Å². The highest BCUT2D eigenvalue weighted by Gasteiger charge is 2.19. The van der Waals surface area contributed by atoms with E-state index in [0.717, 1.165) is 0 Å². The number of sulfone groups is 1. The standard InChI is InChI=1S/C14H13NO4S/c1-10-2-3-12(14(16)17)8-13(10)20(18,19)9-11-4-6-15-7-5-11/h2-8H,9H2,1H3,(H,16,17). The number of carboxylic acid groups (broad SMARTS) is 1. The van der Waals surface area contributed by atoms with Crippen LogP contribution in [0.2, 0.25) is 0 Å². The number of nitrogens with zero attached hydrogens (tertiary/aromatic N) is 1. The fourth-order valence-corrected chi connectivity index (χ4v) is 3.50. The molecule has 1 aromatic heterocycles. The summed E-state index contributed by atoms with van der Waals surface area (Å²) in [4.78, 5) is 14.8. The number of aryl methyl sites for hydroxylation is 1. The molecule has 2 aromatic rings. The van der Waals surface area contributed by atoms with E-state index in [1.807, 2.05) is 0 Å². The van der Waals surface area contributed by atoms with Crippen LogP contribution in [0, 0.1) is 6.92 Å². The number of hydrogen-bond donors (Lipinski definition) is 1. The molecule has 6 heteroatoms. The minimum absolute atomic E-state index is 0.0381. The summed E-state index contributed by atoms with van der Waals surface area (Å²) in [6, 6.07) is 7.34. The van der Waals surface area contributed by atoms with E-state index in [1.165, 1.54) is 30.6 Å². The van der Waals surface area contributed by atoms with Crippen LogP contribution in [0.25, 0.3) is 0 Å². The van der Waals surface area contributed by atoms with Gasteiger partial charge in [0.05, 0.1) is 16.2 Å². The van der Waals surface area contributed by atoms with Crippen molar-refractivity contribution in [2.45, 2.75) is 17.6 Å². The third-order valence-electron chi connectivity index (χ3n) is 2.88. The lowest BCUT2D eigenvalue weighted by Gasteiger charge is -2.08. The fourth-order valence-electron chi connectivity index (χ4n) is 1.84. The molecule has 0 aliphatic heterocycles. The molecule has 0 fully saturated rings. The molecule has 0 spiro atoms. The van der Waals surface area contributed by atoms with Crippen LogP contribution in [-0.4, -0.2) is 24.5 Å². The monoisotopic (exact) mass is 291 g/mol. The van der Waals surface area contributed by atoms with Crippen molar-refractivity contribution >= 4 is 15.8 Å². The molecule has 20 heavy (non-hydrogen) atoms. The maximum absolute atomic E-state index is 12.4. The highest BCUT2D eigenvalue weighted by molar-refractivity contribution is 7.90. The largest absolute Gasteiger partial charge is 0.478 e. The third kappa shape index (κ3) is 3.03. The van der Waals surface area contributed by atoms with E-state index >= 15 is 0 Å². The molecule has 0 saturated carbocycles. The first-order chi connectivity index (χ1) is 9.40. The van der Waals surface area contributed by atoms with Gasteiger partial charge < -0.3 is 5.11 Å². The zero-order valence-corrected chi connectivity index (χ0v) is 11.6. The van der Waals surface area contributed by atoms with E-state index < -0.39 is 15.8 Å². The molecule has 104 valence electrons. The molecule has 0 radical (unpaired) electrons. The Morgan fingerprint density at radius 2 is 1.85 bits per heavy atom. The summed E-state index contributed by atoms with van der Waals surface area (Å²) in [6.45, 7) is 1.64. The molecule has 0 aliphatic rings. The highest BCUT2D eigenvalue weighted by atomic mass is 32.2. The number of hydrogen-bond acceptors (Lipinski definition) is 4. The van der Waals surface area contributed by atoms with Crippen molar-refractivity contribution in [3.8, 4) is 0 Å². The number of aromatic nitrogens is 1. The van der Waals surface area contributed by atoms with Gasteiger partial charge in [-0.1, -0.05) is 6.07 Å². The molecule has 0 atom stereocenters. The minimum atomic E-state index is -3.59. The molecule has 0 amide bonds. The van der Waals surface area contributed by atoms with Crippen LogP contribution in [0.4, 0.5) is 0 Å². The van der Waals surface area contributed by atoms with E-state index in [0.29, 0.717) is 11.1 Å². The maximum atomic E-state index is 12.4. The summed E-state index contributed by atoms with van der Waals surface area (Å²) in [7, 11) is -3.59. The molecule has 0 unspecified atom stereocenters. The topological polar surface area (TPSA) is 84.3 Å². The number of benzene rings is 1. The zero-order chi connectivity index (χ0) is 14.8. The SMILES string of the molecule is Cc1ccc(C(=O)O)cc1S(=O)(=O)Cc1ccncc1. The Labute approximate surface area is 116 Å². The van der Waals surface area contributed by atoms with E-state index in [-0.39, 0.29) is 16.2 Å². The Morgan fingerprint density at radius 1 is 1.20 bits per heavy atom. The summed E-state index contributed by atoms with van der Waals surface area (Å²) in [5, 5.41) is 8.95. The molecular formula is C14H13NO4S. The van der Waals surface area contributed by atoms with Gasteiger partial charge in [0.15, 0.2) is 9.84 Å². The van der Waals surface area contributed by atoms with E-state index in [9.17, 15) is 13.2 Å². The maximum Gasteiger partial charge on any atom is 0.335 e. The van der Waals surface area contributed by atoms with Gasteiger partial charge in [-0.15, -0.1) is 0 Å². The molecular weight excluding hydrogens is 278 g/mol. The van der Waals surface area contributed by atoms with Crippen LogP contribution in [-0.2, 0) is 15.6 Å². The van der Waals surface area contributed by atoms with Gasteiger partial charge in [-0.3, -0.25) is 4.98 Å². The Bertz CT molecular complexity index is 739. The molecule has 1 heterocycles. The summed E-state index contributed by atoms with van der Waals surface area (Å²) >= 11 is 0. The first-order valence-electron chi connectivity index (χ1n) is 5.86. The summed E-state index contributed by atoms with van der Waals surface area (Å²) < 4.78 is 24.8. The molecule has 2 rings (SSSR count). The predicted molar refractivity (Wildman–Crippen MR) is 73.3 cm³/mol. The summed E-state index contributed by atoms with van der Waals surface area (Å²) in [5.41, 5.74) is 1.10. The third-order valence-corrected chi connectivity index (χ3v) is 4.70. The summed E-state index contributed by atoms with van der Waals surface area (Å²) in [6.07, 6.45) is 3.04. The van der Waals surface area contributed by atoms with E-state index in [1.54, 1.807) is 19.1 Å². The van der Waals surface area contributed by atoms with E-state index in [4.69, 9.17) is 5.11 Å². The predicted octanol–water partition coefficient (Wildman–Crippen LogP) is 2.06. The van der Waals surface area contributed by atoms with Crippen molar-refractivity contribution in [3.63, 3.8) is 0 Å². The lowest BCUT2D eigenvalue weighted by Crippen LogP contribution is -2.09. The molecule has 0 bridgehead atoms. The number of carbonyl (C=O) groups is 1. The fraction of sp³-hybridized carbons (Fsp3) is 0.143. The average Bonchev–Trinajstić information content (AvgIpc) is 2.39. The van der Waals surface area contributed by atoms with Crippen molar-refractivity contribution < 1.29 is 18.3 Å². The lowest BCUT2D eigenvalue weighted by molar-refractivity contribution is 0.0696. The first kappa shape index (κ1) is 14.2. The normalized spacial score (nSPS) is 11.2. The van der Waals surface area contributed by atoms with Gasteiger partial charge in [0.2, 0.25) is 0 Å². The van der Waals surface area contributed by atoms with Crippen LogP contribution < -0.4 is 0 Å². The molecule has 5 nitrogen and oxygen atoms in total. The van der Waals surface area contributed by atoms with Gasteiger partial charge in [-0.2, -0.15) is 0 Å². The number of rotatable bonds is 4. The molecule has 0 aliphatic carbocycles. The number of carboxylic acids is 1. The second-order valence-electron chi connectivity index (χ2n) is 4.40. The quantitative estimate of drug-likeness (QED) is 0.932. The van der Waals surface area contributed by atoms with Gasteiger partial charge >= 0.3 is 5.97 Å². The first-order valence-corrected chi connectivity index (χ1v) is 7.51. The van der Waals surface area contributed by atoms with Crippen LogP contribution >= 0.6 is 0 Å². The zero-order valence-electron chi connectivity index (χ0n) is 10.8. The molecule has 0 saturated heterocycles. The lowest BCUT2D eigenvalue weighted by atomic mass is 10.1. The van der Waals surface area contributed by atoms with Crippen LogP contribution in [0.15, 0.2) is 47.6 Å². The summed E-state index contributed by atoms with van der Waals surface area (Å²) in [5.74, 6) is -1.33. The van der Waals surface area contributed by atoms with Crippen LogP contribution in [0.1, 0.15) is 21.5 Å². The van der Waals surface area contributed by atoms with Crippen molar-refractivity contribution in [2.75, 3.05) is 0 Å². The molecule has 1 aromatic carbocycles. The highest BCUT2D eigenvalue weighted by Crippen LogP contribution is 2.21. The minimum Gasteiger partial charge on any atom is -0.478 e. The van der Waals surface area contributed by atoms with Crippen molar-refractivity contribution in [2.24, 2.45) is 0 Å². The van der Waals surface area contributed by atoms with Gasteiger partial charge in [0.1, 0.15) is 0 Å². The van der Waals surface area contributed by atoms with Gasteiger partial charge in [-0.05, 0) is 42.3 Å². The Morgan fingerprint density at radius 3 is 2.45 bits per heavy atom. The smallest absolute Gasteiger partial charge is 0.335 e. The second-order valence-corrected chi connectivity index (χ2v) is 6.36. The van der Waals surface area contributed by atoms with Gasteiger partial charge in [0, 0.05) is 12.4 Å². The van der Waals surface area contributed by atoms with E-state index in [2.05, 4.69) is 4.98 Å². The van der Waals surface area contributed by atoms with Crippen molar-refractivity contribution in [1.82, 2.24) is 4.98 Å². The van der Waals surface area contributed by atoms with Gasteiger partial charge in [-0.25, -0.2) is 13.2 Å². The Hall–Kier alpha value is -2.21. The second kappa shape index (κ2) is 5.42. The Balaban J connectivity index is 2.44. The average molecular weight is 291 g/mol. The number of aromatic carboxylic acids is 1.